The monoisotopic (exact) mass is 454 g/mol. The molecular formula is C25H27FN2O5. The van der Waals surface area contributed by atoms with Gasteiger partial charge in [0, 0.05) is 31.7 Å². The van der Waals surface area contributed by atoms with E-state index in [0.717, 1.165) is 13.1 Å². The second-order valence-electron chi connectivity index (χ2n) is 7.96. The minimum absolute atomic E-state index is 0.00209. The minimum atomic E-state index is -0.758. The first-order valence-electron chi connectivity index (χ1n) is 11.1. The Morgan fingerprint density at radius 3 is 2.36 bits per heavy atom. The van der Waals surface area contributed by atoms with Gasteiger partial charge in [0.25, 0.3) is 11.7 Å². The molecule has 2 aliphatic heterocycles. The number of carbonyl (C=O) groups is 2. The summed E-state index contributed by atoms with van der Waals surface area (Å²) in [5, 5.41) is 11.0. The smallest absolute Gasteiger partial charge is 0.295 e. The first-order valence-corrected chi connectivity index (χ1v) is 11.1. The molecule has 2 aromatic rings. The van der Waals surface area contributed by atoms with Crippen LogP contribution in [0.15, 0.2) is 54.1 Å². The normalized spacial score (nSPS) is 20.9. The number of carbonyl (C=O) groups excluding carboxylic acids is 2. The summed E-state index contributed by atoms with van der Waals surface area (Å²) in [6, 6.07) is 11.6. The molecule has 2 aromatic carbocycles. The highest BCUT2D eigenvalue weighted by atomic mass is 19.1. The third kappa shape index (κ3) is 4.91. The standard InChI is InChI=1S/C25H27FN2O5/c1-2-33-20-9-5-17(6-10-20)22-21(23(29)18-3-7-19(26)8-4-18)24(30)25(31)28(22)12-11-27-13-15-32-16-14-27/h3-10,22,29H,2,11-16H2,1H3/b23-21+. The number of Topliss-reactive ketones (excluding diaryl/α,β-unsaturated/α-hetero) is 1. The van der Waals surface area contributed by atoms with Crippen LogP contribution in [0.5, 0.6) is 5.75 Å². The van der Waals surface area contributed by atoms with E-state index in [2.05, 4.69) is 4.90 Å². The van der Waals surface area contributed by atoms with Crippen LogP contribution in [0.3, 0.4) is 0 Å². The fourth-order valence-electron chi connectivity index (χ4n) is 4.21. The first-order chi connectivity index (χ1) is 16.0. The van der Waals surface area contributed by atoms with Gasteiger partial charge in [0.1, 0.15) is 17.3 Å². The van der Waals surface area contributed by atoms with Gasteiger partial charge >= 0.3 is 0 Å². The van der Waals surface area contributed by atoms with Crippen molar-refractivity contribution in [1.82, 2.24) is 9.80 Å². The molecule has 0 saturated carbocycles. The Labute approximate surface area is 192 Å². The molecule has 1 unspecified atom stereocenters. The molecule has 2 heterocycles. The zero-order valence-electron chi connectivity index (χ0n) is 18.5. The lowest BCUT2D eigenvalue weighted by molar-refractivity contribution is -0.140. The summed E-state index contributed by atoms with van der Waals surface area (Å²) < 4.78 is 24.3. The lowest BCUT2D eigenvalue weighted by atomic mass is 9.95. The highest BCUT2D eigenvalue weighted by Crippen LogP contribution is 2.39. The molecule has 1 amide bonds. The van der Waals surface area contributed by atoms with Crippen LogP contribution in [0.2, 0.25) is 0 Å². The Morgan fingerprint density at radius 2 is 1.73 bits per heavy atom. The number of hydrogen-bond donors (Lipinski definition) is 1. The lowest BCUT2D eigenvalue weighted by Gasteiger charge is -2.31. The van der Waals surface area contributed by atoms with Gasteiger partial charge in [-0.15, -0.1) is 0 Å². The third-order valence-electron chi connectivity index (χ3n) is 5.93. The Balaban J connectivity index is 1.71. The highest BCUT2D eigenvalue weighted by Gasteiger charge is 2.46. The summed E-state index contributed by atoms with van der Waals surface area (Å²) in [6.45, 7) is 6.08. The number of rotatable bonds is 7. The van der Waals surface area contributed by atoms with Gasteiger partial charge in [0.15, 0.2) is 0 Å². The van der Waals surface area contributed by atoms with Gasteiger partial charge in [0.2, 0.25) is 0 Å². The average molecular weight is 454 g/mol. The Bertz CT molecular complexity index is 1030. The van der Waals surface area contributed by atoms with Crippen molar-refractivity contribution in [3.8, 4) is 5.75 Å². The number of amides is 1. The van der Waals surface area contributed by atoms with Crippen LogP contribution in [0.1, 0.15) is 24.1 Å². The largest absolute Gasteiger partial charge is 0.507 e. The van der Waals surface area contributed by atoms with Crippen LogP contribution in [0.4, 0.5) is 4.39 Å². The van der Waals surface area contributed by atoms with Gasteiger partial charge in [-0.05, 0) is 48.9 Å². The molecular weight excluding hydrogens is 427 g/mol. The molecule has 0 radical (unpaired) electrons. The van der Waals surface area contributed by atoms with E-state index in [1.165, 1.54) is 29.2 Å². The van der Waals surface area contributed by atoms with Gasteiger partial charge in [-0.3, -0.25) is 14.5 Å². The zero-order valence-corrected chi connectivity index (χ0v) is 18.5. The van der Waals surface area contributed by atoms with E-state index in [1.807, 2.05) is 6.92 Å². The third-order valence-corrected chi connectivity index (χ3v) is 5.93. The molecule has 4 rings (SSSR count). The number of hydrogen-bond acceptors (Lipinski definition) is 6. The Morgan fingerprint density at radius 1 is 1.06 bits per heavy atom. The summed E-state index contributed by atoms with van der Waals surface area (Å²) in [4.78, 5) is 29.8. The number of ketones is 1. The van der Waals surface area contributed by atoms with Gasteiger partial charge in [0.05, 0.1) is 31.4 Å². The van der Waals surface area contributed by atoms with Crippen molar-refractivity contribution in [2.24, 2.45) is 0 Å². The van der Waals surface area contributed by atoms with E-state index in [9.17, 15) is 19.1 Å². The fraction of sp³-hybridized carbons (Fsp3) is 0.360. The molecule has 174 valence electrons. The molecule has 33 heavy (non-hydrogen) atoms. The summed E-state index contributed by atoms with van der Waals surface area (Å²) in [5.41, 5.74) is 0.958. The van der Waals surface area contributed by atoms with E-state index >= 15 is 0 Å². The molecule has 1 atom stereocenters. The van der Waals surface area contributed by atoms with Gasteiger partial charge in [-0.25, -0.2) is 4.39 Å². The number of ether oxygens (including phenoxy) is 2. The number of benzene rings is 2. The van der Waals surface area contributed by atoms with E-state index < -0.39 is 23.5 Å². The van der Waals surface area contributed by atoms with Crippen molar-refractivity contribution in [1.29, 1.82) is 0 Å². The Hall–Kier alpha value is -3.23. The fourth-order valence-corrected chi connectivity index (χ4v) is 4.21. The number of halogens is 1. The Kier molecular flexibility index (Phi) is 7.05. The van der Waals surface area contributed by atoms with Crippen LogP contribution in [-0.4, -0.2) is 72.6 Å². The van der Waals surface area contributed by atoms with E-state index in [1.54, 1.807) is 24.3 Å². The van der Waals surface area contributed by atoms with Crippen LogP contribution in [-0.2, 0) is 14.3 Å². The SMILES string of the molecule is CCOc1ccc(C2/C(=C(\O)c3ccc(F)cc3)C(=O)C(=O)N2CCN2CCOCC2)cc1. The predicted octanol–water partition coefficient (Wildman–Crippen LogP) is 2.98. The number of aliphatic hydroxyl groups excluding tert-OH is 1. The molecule has 2 saturated heterocycles. The van der Waals surface area contributed by atoms with Crippen molar-refractivity contribution in [2.75, 3.05) is 46.0 Å². The molecule has 2 aliphatic rings. The van der Waals surface area contributed by atoms with Crippen molar-refractivity contribution >= 4 is 17.4 Å². The number of likely N-dealkylation sites (tertiary alicyclic amines) is 1. The van der Waals surface area contributed by atoms with Crippen molar-refractivity contribution < 1.29 is 28.6 Å². The van der Waals surface area contributed by atoms with Gasteiger partial charge in [-0.1, -0.05) is 12.1 Å². The molecule has 0 aliphatic carbocycles. The molecule has 2 fully saturated rings. The summed E-state index contributed by atoms with van der Waals surface area (Å²) in [6.07, 6.45) is 0. The van der Waals surface area contributed by atoms with Crippen molar-refractivity contribution in [3.05, 3.63) is 71.0 Å². The zero-order chi connectivity index (χ0) is 23.4. The van der Waals surface area contributed by atoms with Crippen LogP contribution in [0, 0.1) is 5.82 Å². The molecule has 7 nitrogen and oxygen atoms in total. The summed E-state index contributed by atoms with van der Waals surface area (Å²) in [5.74, 6) is -1.52. The molecule has 1 N–H and O–H groups in total. The highest BCUT2D eigenvalue weighted by molar-refractivity contribution is 6.46. The van der Waals surface area contributed by atoms with Crippen LogP contribution >= 0.6 is 0 Å². The van der Waals surface area contributed by atoms with E-state index in [4.69, 9.17) is 9.47 Å². The quantitative estimate of drug-likeness (QED) is 0.394. The maximum Gasteiger partial charge on any atom is 0.295 e. The maximum absolute atomic E-state index is 13.4. The average Bonchev–Trinajstić information content (AvgIpc) is 3.09. The number of nitrogens with zero attached hydrogens (tertiary/aromatic N) is 2. The number of morpholine rings is 1. The minimum Gasteiger partial charge on any atom is -0.507 e. The first kappa shape index (κ1) is 22.9. The maximum atomic E-state index is 13.4. The molecule has 0 spiro atoms. The number of aliphatic hydroxyl groups is 1. The summed E-state index contributed by atoms with van der Waals surface area (Å²) >= 11 is 0. The summed E-state index contributed by atoms with van der Waals surface area (Å²) in [7, 11) is 0. The topological polar surface area (TPSA) is 79.3 Å². The van der Waals surface area contributed by atoms with E-state index in [0.29, 0.717) is 44.2 Å². The second kappa shape index (κ2) is 10.1. The lowest BCUT2D eigenvalue weighted by Crippen LogP contribution is -2.42. The molecule has 0 aromatic heterocycles. The van der Waals surface area contributed by atoms with Crippen molar-refractivity contribution in [3.63, 3.8) is 0 Å². The predicted molar refractivity (Wildman–Crippen MR) is 120 cm³/mol. The van der Waals surface area contributed by atoms with Crippen LogP contribution < -0.4 is 4.74 Å². The second-order valence-corrected chi connectivity index (χ2v) is 7.96. The van der Waals surface area contributed by atoms with Crippen LogP contribution in [0.25, 0.3) is 5.76 Å². The molecule has 0 bridgehead atoms. The van der Waals surface area contributed by atoms with E-state index in [-0.39, 0.29) is 16.9 Å². The van der Waals surface area contributed by atoms with Gasteiger partial charge in [-0.2, -0.15) is 0 Å². The van der Waals surface area contributed by atoms with Gasteiger partial charge < -0.3 is 19.5 Å². The molecule has 8 heteroatoms. The van der Waals surface area contributed by atoms with Crippen molar-refractivity contribution in [2.45, 2.75) is 13.0 Å².